The van der Waals surface area contributed by atoms with E-state index < -0.39 is 0 Å². The van der Waals surface area contributed by atoms with Crippen LogP contribution in [0, 0.1) is 0 Å². The van der Waals surface area contributed by atoms with Gasteiger partial charge in [-0.05, 0) is 36.8 Å². The van der Waals surface area contributed by atoms with Crippen molar-refractivity contribution in [1.82, 2.24) is 15.2 Å². The number of nitrogens with zero attached hydrogens (tertiary/aromatic N) is 2. The zero-order valence-electron chi connectivity index (χ0n) is 16.1. The van der Waals surface area contributed by atoms with Crippen LogP contribution in [0.4, 0.5) is 4.79 Å². The quantitative estimate of drug-likeness (QED) is 0.657. The molecular formula is C21H23N3O4. The molecule has 0 spiro atoms. The molecule has 1 N–H and O–H groups in total. The average Bonchev–Trinajstić information content (AvgIpc) is 3.27. The number of rotatable bonds is 7. The number of furan rings is 1. The van der Waals surface area contributed by atoms with Gasteiger partial charge in [-0.25, -0.2) is 9.78 Å². The van der Waals surface area contributed by atoms with E-state index in [0.29, 0.717) is 23.9 Å². The minimum Gasteiger partial charge on any atom is -0.497 e. The molecule has 2 amide bonds. The topological polar surface area (TPSA) is 76.8 Å². The maximum Gasteiger partial charge on any atom is 0.318 e. The van der Waals surface area contributed by atoms with Crippen LogP contribution in [0.5, 0.6) is 17.4 Å². The number of hydrogen-bond acceptors (Lipinski definition) is 5. The highest BCUT2D eigenvalue weighted by Crippen LogP contribution is 2.24. The highest BCUT2D eigenvalue weighted by atomic mass is 16.5. The Morgan fingerprint density at radius 1 is 1.21 bits per heavy atom. The molecule has 146 valence electrons. The van der Waals surface area contributed by atoms with Crippen molar-refractivity contribution in [2.75, 3.05) is 14.2 Å². The van der Waals surface area contributed by atoms with Gasteiger partial charge in [-0.2, -0.15) is 0 Å². The number of hydrogen-bond donors (Lipinski definition) is 1. The van der Waals surface area contributed by atoms with Crippen molar-refractivity contribution in [2.24, 2.45) is 0 Å². The number of carbonyl (C=O) groups is 1. The average molecular weight is 381 g/mol. The molecule has 0 saturated carbocycles. The van der Waals surface area contributed by atoms with Crippen molar-refractivity contribution >= 4 is 6.03 Å². The van der Waals surface area contributed by atoms with Crippen LogP contribution in [0.25, 0.3) is 0 Å². The Balaban J connectivity index is 1.53. The molecule has 0 fully saturated rings. The van der Waals surface area contributed by atoms with Crippen molar-refractivity contribution in [3.63, 3.8) is 0 Å². The number of nitrogens with one attached hydrogen (secondary N) is 1. The van der Waals surface area contributed by atoms with Gasteiger partial charge in [-0.3, -0.25) is 0 Å². The van der Waals surface area contributed by atoms with Crippen molar-refractivity contribution in [1.29, 1.82) is 0 Å². The summed E-state index contributed by atoms with van der Waals surface area (Å²) in [5.41, 5.74) is 0.866. The van der Waals surface area contributed by atoms with E-state index in [1.165, 1.54) is 0 Å². The second-order valence-electron chi connectivity index (χ2n) is 6.25. The summed E-state index contributed by atoms with van der Waals surface area (Å²) in [5, 5.41) is 2.87. The van der Waals surface area contributed by atoms with E-state index in [-0.39, 0.29) is 12.1 Å². The molecule has 3 aromatic rings. The molecule has 1 aromatic carbocycles. The molecule has 7 heteroatoms. The molecule has 0 bridgehead atoms. The third kappa shape index (κ3) is 4.82. The Morgan fingerprint density at radius 3 is 2.71 bits per heavy atom. The van der Waals surface area contributed by atoms with E-state index in [1.807, 2.05) is 37.3 Å². The third-order valence-corrected chi connectivity index (χ3v) is 4.36. The van der Waals surface area contributed by atoms with E-state index in [0.717, 1.165) is 11.3 Å². The summed E-state index contributed by atoms with van der Waals surface area (Å²) < 4.78 is 16.2. The molecule has 1 unspecified atom stereocenters. The Hall–Kier alpha value is -3.48. The zero-order chi connectivity index (χ0) is 19.9. The van der Waals surface area contributed by atoms with Crippen LogP contribution in [-0.4, -0.2) is 30.1 Å². The minimum absolute atomic E-state index is 0.160. The van der Waals surface area contributed by atoms with Gasteiger partial charge < -0.3 is 24.1 Å². The van der Waals surface area contributed by atoms with Gasteiger partial charge in [-0.15, -0.1) is 0 Å². The monoisotopic (exact) mass is 381 g/mol. The number of carbonyl (C=O) groups excluding carboxylic acids is 1. The predicted molar refractivity (Wildman–Crippen MR) is 104 cm³/mol. The van der Waals surface area contributed by atoms with Crippen LogP contribution in [0.1, 0.15) is 24.3 Å². The second-order valence-corrected chi connectivity index (χ2v) is 6.25. The number of benzene rings is 1. The van der Waals surface area contributed by atoms with Gasteiger partial charge in [0.1, 0.15) is 17.3 Å². The smallest absolute Gasteiger partial charge is 0.318 e. The van der Waals surface area contributed by atoms with E-state index in [1.54, 1.807) is 49.7 Å². The number of aromatic nitrogens is 1. The third-order valence-electron chi connectivity index (χ3n) is 4.36. The van der Waals surface area contributed by atoms with Gasteiger partial charge in [0.25, 0.3) is 0 Å². The molecule has 0 aliphatic rings. The Kier molecular flexibility index (Phi) is 6.16. The van der Waals surface area contributed by atoms with Gasteiger partial charge in [0, 0.05) is 31.9 Å². The molecule has 2 aromatic heterocycles. The zero-order valence-corrected chi connectivity index (χ0v) is 16.1. The lowest BCUT2D eigenvalue weighted by Gasteiger charge is -2.23. The summed E-state index contributed by atoms with van der Waals surface area (Å²) >= 11 is 0. The number of amides is 2. The fraction of sp³-hybridized carbons (Fsp3) is 0.238. The van der Waals surface area contributed by atoms with Crippen LogP contribution in [0.2, 0.25) is 0 Å². The summed E-state index contributed by atoms with van der Waals surface area (Å²) in [5.74, 6) is 2.55. The van der Waals surface area contributed by atoms with Crippen LogP contribution >= 0.6 is 0 Å². The fourth-order valence-electron chi connectivity index (χ4n) is 2.56. The number of urea groups is 1. The van der Waals surface area contributed by atoms with Crippen LogP contribution in [0.15, 0.2) is 65.4 Å². The molecule has 0 aliphatic heterocycles. The highest BCUT2D eigenvalue weighted by Gasteiger charge is 2.19. The van der Waals surface area contributed by atoms with Gasteiger partial charge in [0.05, 0.1) is 19.4 Å². The maximum atomic E-state index is 12.3. The summed E-state index contributed by atoms with van der Waals surface area (Å²) in [6, 6.07) is 14.2. The van der Waals surface area contributed by atoms with Crippen molar-refractivity contribution in [3.8, 4) is 17.4 Å². The second kappa shape index (κ2) is 8.94. The van der Waals surface area contributed by atoms with Crippen LogP contribution < -0.4 is 14.8 Å². The normalized spacial score (nSPS) is 11.5. The largest absolute Gasteiger partial charge is 0.497 e. The highest BCUT2D eigenvalue weighted by molar-refractivity contribution is 5.74. The van der Waals surface area contributed by atoms with E-state index in [2.05, 4.69) is 10.3 Å². The number of ether oxygens (including phenoxy) is 2. The summed E-state index contributed by atoms with van der Waals surface area (Å²) in [6.45, 7) is 2.27. The minimum atomic E-state index is -0.194. The van der Waals surface area contributed by atoms with Crippen molar-refractivity contribution in [2.45, 2.75) is 19.5 Å². The fourth-order valence-corrected chi connectivity index (χ4v) is 2.56. The summed E-state index contributed by atoms with van der Waals surface area (Å²) in [4.78, 5) is 18.2. The molecule has 0 radical (unpaired) electrons. The molecule has 1 atom stereocenters. The van der Waals surface area contributed by atoms with Crippen molar-refractivity contribution in [3.05, 3.63) is 72.3 Å². The molecule has 2 heterocycles. The molecule has 28 heavy (non-hydrogen) atoms. The Labute approximate surface area is 163 Å². The Bertz CT molecular complexity index is 894. The number of pyridine rings is 1. The van der Waals surface area contributed by atoms with Crippen LogP contribution in [0.3, 0.4) is 0 Å². The first-order valence-corrected chi connectivity index (χ1v) is 8.87. The van der Waals surface area contributed by atoms with Gasteiger partial charge in [-0.1, -0.05) is 12.1 Å². The molecule has 0 saturated heterocycles. The lowest BCUT2D eigenvalue weighted by Crippen LogP contribution is -2.38. The van der Waals surface area contributed by atoms with E-state index in [4.69, 9.17) is 13.9 Å². The first kappa shape index (κ1) is 19.3. The van der Waals surface area contributed by atoms with Crippen molar-refractivity contribution < 1.29 is 18.7 Å². The van der Waals surface area contributed by atoms with E-state index >= 15 is 0 Å². The SMILES string of the molecule is COc1cccc(Oc2ccc(CNC(=O)N(C)C(C)c3ccco3)cn2)c1. The lowest BCUT2D eigenvalue weighted by molar-refractivity contribution is 0.187. The first-order chi connectivity index (χ1) is 13.6. The first-order valence-electron chi connectivity index (χ1n) is 8.87. The molecule has 0 aliphatic carbocycles. The molecule has 3 rings (SSSR count). The standard InChI is InChI=1S/C21H23N3O4/c1-15(19-8-5-11-27-19)24(2)21(25)23-14-16-9-10-20(22-13-16)28-18-7-4-6-17(12-18)26-3/h4-13,15H,14H2,1-3H3,(H,23,25). The Morgan fingerprint density at radius 2 is 2.04 bits per heavy atom. The van der Waals surface area contributed by atoms with Gasteiger partial charge in [0.15, 0.2) is 0 Å². The summed E-state index contributed by atoms with van der Waals surface area (Å²) in [6.07, 6.45) is 3.27. The molecular weight excluding hydrogens is 358 g/mol. The summed E-state index contributed by atoms with van der Waals surface area (Å²) in [7, 11) is 3.33. The van der Waals surface area contributed by atoms with Gasteiger partial charge >= 0.3 is 6.03 Å². The predicted octanol–water partition coefficient (Wildman–Crippen LogP) is 4.38. The van der Waals surface area contributed by atoms with Gasteiger partial charge in [0.2, 0.25) is 5.88 Å². The van der Waals surface area contributed by atoms with E-state index in [9.17, 15) is 4.79 Å². The maximum absolute atomic E-state index is 12.3. The molecule has 7 nitrogen and oxygen atoms in total. The number of methoxy groups -OCH3 is 1. The van der Waals surface area contributed by atoms with Crippen LogP contribution in [-0.2, 0) is 6.54 Å². The lowest BCUT2D eigenvalue weighted by atomic mass is 10.2.